The maximum absolute atomic E-state index is 9.18. The Kier molecular flexibility index (Phi) is 4.85. The van der Waals surface area contributed by atoms with Gasteiger partial charge >= 0.3 is 0 Å². The van der Waals surface area contributed by atoms with Crippen LogP contribution in [0.2, 0.25) is 0 Å². The van der Waals surface area contributed by atoms with Crippen molar-refractivity contribution >= 4 is 0 Å². The van der Waals surface area contributed by atoms with E-state index >= 15 is 0 Å². The van der Waals surface area contributed by atoms with Crippen molar-refractivity contribution in [1.82, 2.24) is 5.32 Å². The molecular weight excluding hydrogens is 178 g/mol. The molecule has 3 heteroatoms. The summed E-state index contributed by atoms with van der Waals surface area (Å²) in [5.74, 6) is 0. The van der Waals surface area contributed by atoms with Gasteiger partial charge in [-0.2, -0.15) is 0 Å². The molecule has 0 heterocycles. The molecule has 1 fully saturated rings. The number of aliphatic hydroxyl groups excluding tert-OH is 2. The van der Waals surface area contributed by atoms with Gasteiger partial charge in [-0.15, -0.1) is 0 Å². The summed E-state index contributed by atoms with van der Waals surface area (Å²) in [6.07, 6.45) is 5.92. The quantitative estimate of drug-likeness (QED) is 0.598. The predicted octanol–water partition coefficient (Wildman–Crippen LogP) is 0.900. The van der Waals surface area contributed by atoms with Gasteiger partial charge in [0.2, 0.25) is 0 Å². The summed E-state index contributed by atoms with van der Waals surface area (Å²) in [6.45, 7) is 3.60. The minimum absolute atomic E-state index is 0.147. The van der Waals surface area contributed by atoms with Gasteiger partial charge in [0.1, 0.15) is 0 Å². The third-order valence-electron chi connectivity index (χ3n) is 3.50. The number of rotatable bonds is 6. The normalized spacial score (nSPS) is 22.5. The lowest BCUT2D eigenvalue weighted by molar-refractivity contribution is 0.0907. The second-order valence-electron chi connectivity index (χ2n) is 4.53. The molecular formula is C11H23NO2. The summed E-state index contributed by atoms with van der Waals surface area (Å²) in [5, 5.41) is 21.1. The first-order valence-corrected chi connectivity index (χ1v) is 5.72. The molecule has 1 aliphatic carbocycles. The Bertz CT molecular complexity index is 155. The molecule has 0 aliphatic heterocycles. The molecule has 1 rings (SSSR count). The molecule has 0 radical (unpaired) electrons. The van der Waals surface area contributed by atoms with Crippen molar-refractivity contribution in [3.05, 3.63) is 0 Å². The third-order valence-corrected chi connectivity index (χ3v) is 3.50. The van der Waals surface area contributed by atoms with E-state index in [1.165, 1.54) is 32.1 Å². The summed E-state index contributed by atoms with van der Waals surface area (Å²) < 4.78 is 0. The summed E-state index contributed by atoms with van der Waals surface area (Å²) in [4.78, 5) is 0. The van der Waals surface area contributed by atoms with Gasteiger partial charge in [0, 0.05) is 13.1 Å². The van der Waals surface area contributed by atoms with Gasteiger partial charge in [0.25, 0.3) is 0 Å². The van der Waals surface area contributed by atoms with Crippen LogP contribution in [0.3, 0.4) is 0 Å². The summed E-state index contributed by atoms with van der Waals surface area (Å²) in [6, 6.07) is 0. The summed E-state index contributed by atoms with van der Waals surface area (Å²) in [7, 11) is 0. The Balaban J connectivity index is 2.21. The highest BCUT2D eigenvalue weighted by atomic mass is 16.3. The molecule has 0 amide bonds. The predicted molar refractivity (Wildman–Crippen MR) is 57.2 cm³/mol. The van der Waals surface area contributed by atoms with Gasteiger partial charge in [-0.05, 0) is 24.7 Å². The van der Waals surface area contributed by atoms with Crippen LogP contribution in [0.4, 0.5) is 0 Å². The maximum atomic E-state index is 9.18. The second-order valence-corrected chi connectivity index (χ2v) is 4.53. The first kappa shape index (κ1) is 12.0. The zero-order chi connectivity index (χ0) is 10.4. The largest absolute Gasteiger partial charge is 0.394 e. The van der Waals surface area contributed by atoms with Crippen LogP contribution in [0.25, 0.3) is 0 Å². The Morgan fingerprint density at radius 3 is 2.50 bits per heavy atom. The molecule has 1 saturated carbocycles. The molecule has 0 unspecified atom stereocenters. The number of nitrogens with one attached hydrogen (secondary N) is 1. The van der Waals surface area contributed by atoms with Crippen LogP contribution in [0.5, 0.6) is 0 Å². The molecule has 1 atom stereocenters. The van der Waals surface area contributed by atoms with Crippen LogP contribution >= 0.6 is 0 Å². The number of hydrogen-bond donors (Lipinski definition) is 3. The minimum Gasteiger partial charge on any atom is -0.394 e. The average Bonchev–Trinajstić information content (AvgIpc) is 2.67. The highest BCUT2D eigenvalue weighted by molar-refractivity contribution is 4.85. The van der Waals surface area contributed by atoms with Gasteiger partial charge in [0.05, 0.1) is 12.7 Å². The SMILES string of the molecule is CCC1(CNC[C@H](O)CO)CCCC1. The number of hydrogen-bond acceptors (Lipinski definition) is 3. The molecule has 3 nitrogen and oxygen atoms in total. The lowest BCUT2D eigenvalue weighted by Crippen LogP contribution is -2.37. The molecule has 0 aromatic carbocycles. The Morgan fingerprint density at radius 1 is 1.36 bits per heavy atom. The van der Waals surface area contributed by atoms with Crippen LogP contribution in [-0.2, 0) is 0 Å². The van der Waals surface area contributed by atoms with Gasteiger partial charge in [-0.25, -0.2) is 0 Å². The van der Waals surface area contributed by atoms with E-state index in [4.69, 9.17) is 5.11 Å². The third kappa shape index (κ3) is 3.23. The molecule has 84 valence electrons. The van der Waals surface area contributed by atoms with Crippen LogP contribution in [0.1, 0.15) is 39.0 Å². The molecule has 0 saturated heterocycles. The molecule has 14 heavy (non-hydrogen) atoms. The zero-order valence-corrected chi connectivity index (χ0v) is 9.13. The van der Waals surface area contributed by atoms with E-state index in [1.807, 2.05) is 0 Å². The fourth-order valence-corrected chi connectivity index (χ4v) is 2.35. The van der Waals surface area contributed by atoms with E-state index in [2.05, 4.69) is 12.2 Å². The minimum atomic E-state index is -0.606. The zero-order valence-electron chi connectivity index (χ0n) is 9.13. The smallest absolute Gasteiger partial charge is 0.0894 e. The molecule has 0 spiro atoms. The maximum Gasteiger partial charge on any atom is 0.0894 e. The average molecular weight is 201 g/mol. The van der Waals surface area contributed by atoms with Gasteiger partial charge in [0.15, 0.2) is 0 Å². The van der Waals surface area contributed by atoms with E-state index in [-0.39, 0.29) is 6.61 Å². The van der Waals surface area contributed by atoms with E-state index in [0.717, 1.165) is 6.54 Å². The molecule has 0 bridgehead atoms. The molecule has 3 N–H and O–H groups in total. The Labute approximate surface area is 86.5 Å². The van der Waals surface area contributed by atoms with Gasteiger partial charge in [-0.3, -0.25) is 0 Å². The fraction of sp³-hybridized carbons (Fsp3) is 1.00. The topological polar surface area (TPSA) is 52.5 Å². The Morgan fingerprint density at radius 2 is 2.00 bits per heavy atom. The Hall–Kier alpha value is -0.120. The second kappa shape index (κ2) is 5.69. The van der Waals surface area contributed by atoms with E-state index < -0.39 is 6.10 Å². The highest BCUT2D eigenvalue weighted by Crippen LogP contribution is 2.40. The lowest BCUT2D eigenvalue weighted by Gasteiger charge is -2.28. The van der Waals surface area contributed by atoms with Crippen molar-refractivity contribution in [2.45, 2.75) is 45.1 Å². The van der Waals surface area contributed by atoms with Crippen LogP contribution in [0, 0.1) is 5.41 Å². The first-order valence-electron chi connectivity index (χ1n) is 5.72. The standard InChI is InChI=1S/C11H23NO2/c1-2-11(5-3-4-6-11)9-12-7-10(14)8-13/h10,12-14H,2-9H2,1H3/t10-/m0/s1. The van der Waals surface area contributed by atoms with E-state index in [0.29, 0.717) is 12.0 Å². The van der Waals surface area contributed by atoms with E-state index in [9.17, 15) is 5.11 Å². The van der Waals surface area contributed by atoms with Crippen molar-refractivity contribution in [1.29, 1.82) is 0 Å². The van der Waals surface area contributed by atoms with Crippen molar-refractivity contribution < 1.29 is 10.2 Å². The monoisotopic (exact) mass is 201 g/mol. The fourth-order valence-electron chi connectivity index (χ4n) is 2.35. The van der Waals surface area contributed by atoms with Crippen molar-refractivity contribution in [2.75, 3.05) is 19.7 Å². The molecule has 0 aromatic heterocycles. The van der Waals surface area contributed by atoms with Crippen molar-refractivity contribution in [3.63, 3.8) is 0 Å². The van der Waals surface area contributed by atoms with Gasteiger partial charge in [-0.1, -0.05) is 19.8 Å². The van der Waals surface area contributed by atoms with Crippen molar-refractivity contribution in [3.8, 4) is 0 Å². The van der Waals surface area contributed by atoms with Crippen LogP contribution < -0.4 is 5.32 Å². The summed E-state index contributed by atoms with van der Waals surface area (Å²) in [5.41, 5.74) is 0.467. The van der Waals surface area contributed by atoms with Crippen LogP contribution in [-0.4, -0.2) is 36.0 Å². The van der Waals surface area contributed by atoms with E-state index in [1.54, 1.807) is 0 Å². The van der Waals surface area contributed by atoms with Gasteiger partial charge < -0.3 is 15.5 Å². The molecule has 1 aliphatic rings. The van der Waals surface area contributed by atoms with Crippen LogP contribution in [0.15, 0.2) is 0 Å². The summed E-state index contributed by atoms with van der Waals surface area (Å²) >= 11 is 0. The first-order chi connectivity index (χ1) is 6.72. The molecule has 0 aromatic rings. The number of aliphatic hydroxyl groups is 2. The lowest BCUT2D eigenvalue weighted by atomic mass is 9.83. The highest BCUT2D eigenvalue weighted by Gasteiger charge is 2.31. The van der Waals surface area contributed by atoms with Crippen molar-refractivity contribution in [2.24, 2.45) is 5.41 Å².